The Bertz CT molecular complexity index is 921. The number of aliphatic hydroxyl groups is 1. The number of anilines is 2. The molecule has 0 aliphatic carbocycles. The summed E-state index contributed by atoms with van der Waals surface area (Å²) in [5.41, 5.74) is 0.890. The molecule has 0 bridgehead atoms. The highest BCUT2D eigenvalue weighted by Crippen LogP contribution is 2.36. The van der Waals surface area contributed by atoms with Crippen LogP contribution in [0.1, 0.15) is 24.2 Å². The van der Waals surface area contributed by atoms with Crippen LogP contribution in [-0.2, 0) is 9.59 Å². The van der Waals surface area contributed by atoms with Crippen molar-refractivity contribution in [2.75, 3.05) is 38.0 Å². The Morgan fingerprint density at radius 1 is 0.938 bits per heavy atom. The first-order chi connectivity index (χ1) is 15.2. The molecule has 1 atom stereocenters. The molecular weight excluding hydrogens is 418 g/mol. The predicted molar refractivity (Wildman–Crippen MR) is 118 cm³/mol. The van der Waals surface area contributed by atoms with Gasteiger partial charge in [0.25, 0.3) is 5.91 Å². The van der Waals surface area contributed by atoms with E-state index in [2.05, 4.69) is 16.0 Å². The van der Waals surface area contributed by atoms with Crippen LogP contribution >= 0.6 is 0 Å². The molecule has 0 spiro atoms. The number of rotatable bonds is 10. The molecule has 3 amide bonds. The lowest BCUT2D eigenvalue weighted by atomic mass is 10.1. The summed E-state index contributed by atoms with van der Waals surface area (Å²) in [4.78, 5) is 35.3. The van der Waals surface area contributed by atoms with Crippen molar-refractivity contribution >= 4 is 29.1 Å². The van der Waals surface area contributed by atoms with Gasteiger partial charge in [0.1, 0.15) is 12.7 Å². The van der Waals surface area contributed by atoms with E-state index in [1.807, 2.05) is 0 Å². The summed E-state index contributed by atoms with van der Waals surface area (Å²) >= 11 is 0. The van der Waals surface area contributed by atoms with Crippen molar-refractivity contribution < 1.29 is 33.7 Å². The lowest BCUT2D eigenvalue weighted by Gasteiger charge is -2.17. The monoisotopic (exact) mass is 445 g/mol. The van der Waals surface area contributed by atoms with Crippen LogP contribution in [0, 0.1) is 0 Å². The van der Waals surface area contributed by atoms with Crippen LogP contribution < -0.4 is 30.2 Å². The van der Waals surface area contributed by atoms with Gasteiger partial charge in [0.2, 0.25) is 17.6 Å². The third kappa shape index (κ3) is 7.17. The van der Waals surface area contributed by atoms with Crippen molar-refractivity contribution in [3.8, 4) is 17.2 Å². The Kier molecular flexibility index (Phi) is 8.84. The Morgan fingerprint density at radius 3 is 1.94 bits per heavy atom. The SMILES string of the molecule is COc1cccc(OC)c1OCC(O)CNC(=O)c1cc(NC(C)=O)cc(NC(C)=O)c1. The van der Waals surface area contributed by atoms with Gasteiger partial charge in [0.05, 0.1) is 14.2 Å². The van der Waals surface area contributed by atoms with E-state index >= 15 is 0 Å². The van der Waals surface area contributed by atoms with Crippen molar-refractivity contribution in [1.82, 2.24) is 5.32 Å². The minimum atomic E-state index is -1.03. The van der Waals surface area contributed by atoms with E-state index in [1.54, 1.807) is 18.2 Å². The molecule has 0 saturated heterocycles. The first kappa shape index (κ1) is 24.5. The molecule has 0 aliphatic rings. The Morgan fingerprint density at radius 2 is 1.47 bits per heavy atom. The van der Waals surface area contributed by atoms with Crippen LogP contribution in [0.4, 0.5) is 11.4 Å². The number of nitrogens with one attached hydrogen (secondary N) is 3. The van der Waals surface area contributed by atoms with Gasteiger partial charge in [0, 0.05) is 37.3 Å². The molecule has 2 rings (SSSR count). The quantitative estimate of drug-likeness (QED) is 0.438. The number of carbonyl (C=O) groups excluding carboxylic acids is 3. The number of hydrogen-bond donors (Lipinski definition) is 4. The molecule has 10 nitrogen and oxygen atoms in total. The third-order valence-electron chi connectivity index (χ3n) is 4.14. The smallest absolute Gasteiger partial charge is 0.251 e. The van der Waals surface area contributed by atoms with Gasteiger partial charge < -0.3 is 35.3 Å². The van der Waals surface area contributed by atoms with E-state index in [9.17, 15) is 19.5 Å². The average molecular weight is 445 g/mol. The summed E-state index contributed by atoms with van der Waals surface area (Å²) in [7, 11) is 2.98. The Labute approximate surface area is 185 Å². The van der Waals surface area contributed by atoms with Crippen LogP contribution in [0.3, 0.4) is 0 Å². The molecule has 32 heavy (non-hydrogen) atoms. The molecule has 0 fully saturated rings. The molecular formula is C22H27N3O7. The molecule has 1 unspecified atom stereocenters. The summed E-state index contributed by atoms with van der Waals surface area (Å²) in [5.74, 6) is 0.0802. The van der Waals surface area contributed by atoms with Gasteiger partial charge in [-0.05, 0) is 30.3 Å². The summed E-state index contributed by atoms with van der Waals surface area (Å²) in [6.45, 7) is 2.44. The zero-order valence-corrected chi connectivity index (χ0v) is 18.4. The van der Waals surface area contributed by atoms with Crippen LogP contribution in [0.5, 0.6) is 17.2 Å². The molecule has 0 aromatic heterocycles. The van der Waals surface area contributed by atoms with Gasteiger partial charge in [-0.1, -0.05) is 6.07 Å². The van der Waals surface area contributed by atoms with Gasteiger partial charge in [-0.25, -0.2) is 0 Å². The first-order valence-electron chi connectivity index (χ1n) is 9.73. The normalized spacial score (nSPS) is 11.2. The topological polar surface area (TPSA) is 135 Å². The number of amides is 3. The molecule has 0 saturated carbocycles. The number of methoxy groups -OCH3 is 2. The van der Waals surface area contributed by atoms with Gasteiger partial charge in [-0.2, -0.15) is 0 Å². The number of aliphatic hydroxyl groups excluding tert-OH is 1. The van der Waals surface area contributed by atoms with E-state index in [4.69, 9.17) is 14.2 Å². The molecule has 2 aromatic rings. The lowest BCUT2D eigenvalue weighted by Crippen LogP contribution is -2.35. The summed E-state index contributed by atoms with van der Waals surface area (Å²) < 4.78 is 16.1. The van der Waals surface area contributed by atoms with Crippen molar-refractivity contribution in [1.29, 1.82) is 0 Å². The maximum Gasteiger partial charge on any atom is 0.251 e. The summed E-state index contributed by atoms with van der Waals surface area (Å²) in [6.07, 6.45) is -1.03. The molecule has 172 valence electrons. The number of ether oxygens (including phenoxy) is 3. The Hall–Kier alpha value is -3.79. The number of carbonyl (C=O) groups is 3. The highest BCUT2D eigenvalue weighted by Gasteiger charge is 2.16. The fourth-order valence-electron chi connectivity index (χ4n) is 2.82. The van der Waals surface area contributed by atoms with Crippen LogP contribution in [-0.4, -0.2) is 56.3 Å². The average Bonchev–Trinajstić information content (AvgIpc) is 2.74. The number of benzene rings is 2. The van der Waals surface area contributed by atoms with E-state index in [-0.39, 0.29) is 30.5 Å². The third-order valence-corrected chi connectivity index (χ3v) is 4.14. The highest BCUT2D eigenvalue weighted by molar-refractivity contribution is 5.99. The summed E-state index contributed by atoms with van der Waals surface area (Å²) in [6, 6.07) is 9.59. The molecule has 4 N–H and O–H groups in total. The zero-order valence-electron chi connectivity index (χ0n) is 18.4. The highest BCUT2D eigenvalue weighted by atomic mass is 16.5. The van der Waals surface area contributed by atoms with Gasteiger partial charge in [-0.15, -0.1) is 0 Å². The lowest BCUT2D eigenvalue weighted by molar-refractivity contribution is -0.115. The van der Waals surface area contributed by atoms with Crippen molar-refractivity contribution in [2.24, 2.45) is 0 Å². The largest absolute Gasteiger partial charge is 0.493 e. The first-order valence-corrected chi connectivity index (χ1v) is 9.73. The van der Waals surface area contributed by atoms with Crippen LogP contribution in [0.25, 0.3) is 0 Å². The van der Waals surface area contributed by atoms with Gasteiger partial charge in [0.15, 0.2) is 11.5 Å². The molecule has 0 radical (unpaired) electrons. The second-order valence-corrected chi connectivity index (χ2v) is 6.83. The predicted octanol–water partition coefficient (Wildman–Crippen LogP) is 1.79. The van der Waals surface area contributed by atoms with Gasteiger partial charge >= 0.3 is 0 Å². The fourth-order valence-corrected chi connectivity index (χ4v) is 2.82. The van der Waals surface area contributed by atoms with Crippen molar-refractivity contribution in [3.05, 3.63) is 42.0 Å². The van der Waals surface area contributed by atoms with E-state index in [0.29, 0.717) is 28.6 Å². The standard InChI is InChI=1S/C22H27N3O7/c1-13(26)24-16-8-15(9-17(10-16)25-14(2)27)22(29)23-11-18(28)12-32-21-19(30-3)6-5-7-20(21)31-4/h5-10,18,28H,11-12H2,1-4H3,(H,23,29)(H,24,26)(H,25,27). The molecule has 0 heterocycles. The minimum absolute atomic E-state index is 0.101. The maximum absolute atomic E-state index is 12.6. The maximum atomic E-state index is 12.6. The van der Waals surface area contributed by atoms with E-state index < -0.39 is 12.0 Å². The summed E-state index contributed by atoms with van der Waals surface area (Å²) in [5, 5.41) is 18.0. The molecule has 0 aliphatic heterocycles. The van der Waals surface area contributed by atoms with Crippen LogP contribution in [0.2, 0.25) is 0 Å². The van der Waals surface area contributed by atoms with Crippen molar-refractivity contribution in [2.45, 2.75) is 20.0 Å². The fraction of sp³-hybridized carbons (Fsp3) is 0.318. The molecule has 2 aromatic carbocycles. The number of para-hydroxylation sites is 1. The Balaban J connectivity index is 2.02. The van der Waals surface area contributed by atoms with Gasteiger partial charge in [-0.3, -0.25) is 14.4 Å². The zero-order chi connectivity index (χ0) is 23.7. The van der Waals surface area contributed by atoms with E-state index in [0.717, 1.165) is 0 Å². The minimum Gasteiger partial charge on any atom is -0.493 e. The second-order valence-electron chi connectivity index (χ2n) is 6.83. The van der Waals surface area contributed by atoms with E-state index in [1.165, 1.54) is 46.3 Å². The second kappa shape index (κ2) is 11.6. The van der Waals surface area contributed by atoms with Crippen molar-refractivity contribution in [3.63, 3.8) is 0 Å². The molecule has 10 heteroatoms. The van der Waals surface area contributed by atoms with Crippen LogP contribution in [0.15, 0.2) is 36.4 Å². The number of hydrogen-bond acceptors (Lipinski definition) is 7.